The number of rotatable bonds is 4. The highest BCUT2D eigenvalue weighted by molar-refractivity contribution is 8.18. The van der Waals surface area contributed by atoms with Crippen molar-refractivity contribution in [3.05, 3.63) is 29.1 Å². The predicted molar refractivity (Wildman–Crippen MR) is 63.6 cm³/mol. The Balaban J connectivity index is 2.11. The van der Waals surface area contributed by atoms with Crippen molar-refractivity contribution < 1.29 is 23.9 Å². The molecular weight excluding hydrogens is 258 g/mol. The molecule has 2 heterocycles. The van der Waals surface area contributed by atoms with Gasteiger partial charge in [-0.2, -0.15) is 0 Å². The second-order valence-corrected chi connectivity index (χ2v) is 4.49. The maximum atomic E-state index is 11.8. The van der Waals surface area contributed by atoms with Crippen LogP contribution in [0.1, 0.15) is 12.2 Å². The Morgan fingerprint density at radius 3 is 2.89 bits per heavy atom. The van der Waals surface area contributed by atoms with E-state index >= 15 is 0 Å². The summed E-state index contributed by atoms with van der Waals surface area (Å²) in [5.74, 6) is -1.06. The van der Waals surface area contributed by atoms with Crippen molar-refractivity contribution in [2.24, 2.45) is 0 Å². The number of carbonyl (C=O) groups excluding carboxylic acids is 2. The van der Waals surface area contributed by atoms with Gasteiger partial charge in [0.2, 0.25) is 0 Å². The van der Waals surface area contributed by atoms with E-state index in [0.29, 0.717) is 5.76 Å². The van der Waals surface area contributed by atoms with Crippen molar-refractivity contribution >= 4 is 35.0 Å². The monoisotopic (exact) mass is 267 g/mol. The number of hydrogen-bond donors (Lipinski definition) is 1. The number of thioether (sulfide) groups is 1. The molecular formula is C11H9NO5S. The Hall–Kier alpha value is -2.02. The lowest BCUT2D eigenvalue weighted by Crippen LogP contribution is -2.30. The zero-order valence-electron chi connectivity index (χ0n) is 9.16. The van der Waals surface area contributed by atoms with E-state index in [-0.39, 0.29) is 17.9 Å². The third-order valence-corrected chi connectivity index (χ3v) is 3.15. The summed E-state index contributed by atoms with van der Waals surface area (Å²) in [6.45, 7) is -0.116. The first-order valence-corrected chi connectivity index (χ1v) is 5.90. The highest BCUT2D eigenvalue weighted by Crippen LogP contribution is 2.32. The Kier molecular flexibility index (Phi) is 3.52. The smallest absolute Gasteiger partial charge is 0.305 e. The number of furan rings is 1. The molecule has 2 rings (SSSR count). The van der Waals surface area contributed by atoms with Gasteiger partial charge in [-0.25, -0.2) is 0 Å². The van der Waals surface area contributed by atoms with E-state index in [9.17, 15) is 14.4 Å². The largest absolute Gasteiger partial charge is 0.481 e. The lowest BCUT2D eigenvalue weighted by molar-refractivity contribution is -0.137. The summed E-state index contributed by atoms with van der Waals surface area (Å²) >= 11 is 0.777. The molecule has 1 saturated heterocycles. The molecule has 2 amide bonds. The summed E-state index contributed by atoms with van der Waals surface area (Å²) in [5.41, 5.74) is 0. The fourth-order valence-corrected chi connectivity index (χ4v) is 2.25. The van der Waals surface area contributed by atoms with Crippen LogP contribution < -0.4 is 0 Å². The number of nitrogens with zero attached hydrogens (tertiary/aromatic N) is 1. The molecule has 94 valence electrons. The van der Waals surface area contributed by atoms with E-state index in [2.05, 4.69) is 0 Å². The Labute approximate surface area is 106 Å². The number of carboxylic acid groups (broad SMARTS) is 1. The molecule has 0 unspecified atom stereocenters. The van der Waals surface area contributed by atoms with Gasteiger partial charge in [0, 0.05) is 12.6 Å². The molecule has 6 nitrogen and oxygen atoms in total. The molecule has 0 aliphatic carbocycles. The lowest BCUT2D eigenvalue weighted by Gasteiger charge is -2.09. The molecule has 1 fully saturated rings. The number of aliphatic carboxylic acids is 1. The first-order chi connectivity index (χ1) is 8.58. The van der Waals surface area contributed by atoms with Gasteiger partial charge < -0.3 is 9.52 Å². The number of carbonyl (C=O) groups is 3. The topological polar surface area (TPSA) is 87.8 Å². The van der Waals surface area contributed by atoms with Crippen molar-refractivity contribution in [2.75, 3.05) is 6.54 Å². The standard InChI is InChI=1S/C11H9NO5S/c13-9(14)3-4-12-10(15)8(18-11(12)16)6-7-2-1-5-17-7/h1-2,5-6H,3-4H2,(H,13,14). The van der Waals surface area contributed by atoms with Gasteiger partial charge in [0.15, 0.2) is 0 Å². The second kappa shape index (κ2) is 5.09. The molecule has 1 aliphatic rings. The summed E-state index contributed by atoms with van der Waals surface area (Å²) < 4.78 is 5.05. The van der Waals surface area contributed by atoms with Gasteiger partial charge in [0.1, 0.15) is 5.76 Å². The molecule has 0 atom stereocenters. The molecule has 0 spiro atoms. The van der Waals surface area contributed by atoms with Gasteiger partial charge >= 0.3 is 5.97 Å². The van der Waals surface area contributed by atoms with E-state index in [1.54, 1.807) is 12.1 Å². The molecule has 7 heteroatoms. The predicted octanol–water partition coefficient (Wildman–Crippen LogP) is 1.79. The van der Waals surface area contributed by atoms with Crippen LogP contribution in [0.2, 0.25) is 0 Å². The van der Waals surface area contributed by atoms with Crippen LogP contribution in [0.3, 0.4) is 0 Å². The van der Waals surface area contributed by atoms with E-state index in [4.69, 9.17) is 9.52 Å². The Morgan fingerprint density at radius 1 is 1.50 bits per heavy atom. The first kappa shape index (κ1) is 12.4. The number of carboxylic acids is 1. The third kappa shape index (κ3) is 2.62. The maximum Gasteiger partial charge on any atom is 0.305 e. The molecule has 0 bridgehead atoms. The average Bonchev–Trinajstić information content (AvgIpc) is 2.88. The van der Waals surface area contributed by atoms with Crippen LogP contribution in [0, 0.1) is 0 Å². The van der Waals surface area contributed by atoms with Crippen molar-refractivity contribution in [1.82, 2.24) is 4.90 Å². The molecule has 0 aromatic carbocycles. The van der Waals surface area contributed by atoms with E-state index in [1.165, 1.54) is 12.3 Å². The van der Waals surface area contributed by atoms with Crippen molar-refractivity contribution in [2.45, 2.75) is 6.42 Å². The highest BCUT2D eigenvalue weighted by atomic mass is 32.2. The molecule has 1 aromatic rings. The van der Waals surface area contributed by atoms with Crippen LogP contribution in [-0.4, -0.2) is 33.7 Å². The van der Waals surface area contributed by atoms with E-state index < -0.39 is 17.1 Å². The normalized spacial score (nSPS) is 17.8. The quantitative estimate of drug-likeness (QED) is 0.837. The van der Waals surface area contributed by atoms with Crippen LogP contribution >= 0.6 is 11.8 Å². The van der Waals surface area contributed by atoms with E-state index in [0.717, 1.165) is 16.7 Å². The molecule has 0 saturated carbocycles. The van der Waals surface area contributed by atoms with E-state index in [1.807, 2.05) is 0 Å². The fraction of sp³-hybridized carbons (Fsp3) is 0.182. The van der Waals surface area contributed by atoms with Crippen LogP contribution in [0.4, 0.5) is 4.79 Å². The molecule has 1 aromatic heterocycles. The third-order valence-electron chi connectivity index (χ3n) is 2.24. The minimum Gasteiger partial charge on any atom is -0.481 e. The molecule has 0 radical (unpaired) electrons. The van der Waals surface area contributed by atoms with Gasteiger partial charge in [-0.3, -0.25) is 19.3 Å². The SMILES string of the molecule is O=C(O)CCN1C(=O)SC(=Cc2ccco2)C1=O. The minimum atomic E-state index is -1.05. The number of amides is 2. The second-order valence-electron chi connectivity index (χ2n) is 3.49. The number of imide groups is 1. The van der Waals surface area contributed by atoms with Crippen LogP contribution in [0.15, 0.2) is 27.7 Å². The average molecular weight is 267 g/mol. The lowest BCUT2D eigenvalue weighted by atomic mass is 10.3. The summed E-state index contributed by atoms with van der Waals surface area (Å²) in [5, 5.41) is 8.07. The summed E-state index contributed by atoms with van der Waals surface area (Å²) in [6, 6.07) is 3.33. The maximum absolute atomic E-state index is 11.8. The fourth-order valence-electron chi connectivity index (χ4n) is 1.40. The van der Waals surface area contributed by atoms with Crippen molar-refractivity contribution in [1.29, 1.82) is 0 Å². The first-order valence-electron chi connectivity index (χ1n) is 5.08. The van der Waals surface area contributed by atoms with Crippen molar-refractivity contribution in [3.8, 4) is 0 Å². The molecule has 1 N–H and O–H groups in total. The highest BCUT2D eigenvalue weighted by Gasteiger charge is 2.35. The van der Waals surface area contributed by atoms with Gasteiger partial charge in [-0.15, -0.1) is 0 Å². The van der Waals surface area contributed by atoms with Gasteiger partial charge in [-0.05, 0) is 23.9 Å². The molecule has 1 aliphatic heterocycles. The van der Waals surface area contributed by atoms with Gasteiger partial charge in [0.05, 0.1) is 17.6 Å². The summed E-state index contributed by atoms with van der Waals surface area (Å²) in [6.07, 6.45) is 2.66. The minimum absolute atomic E-state index is 0.116. The zero-order valence-corrected chi connectivity index (χ0v) is 9.98. The summed E-state index contributed by atoms with van der Waals surface area (Å²) in [7, 11) is 0. The van der Waals surface area contributed by atoms with Gasteiger partial charge in [0.25, 0.3) is 11.1 Å². The van der Waals surface area contributed by atoms with Crippen LogP contribution in [0.25, 0.3) is 6.08 Å². The Bertz CT molecular complexity index is 520. The number of hydrogen-bond acceptors (Lipinski definition) is 5. The Morgan fingerprint density at radius 2 is 2.28 bits per heavy atom. The molecule has 18 heavy (non-hydrogen) atoms. The van der Waals surface area contributed by atoms with Gasteiger partial charge in [-0.1, -0.05) is 0 Å². The van der Waals surface area contributed by atoms with Crippen molar-refractivity contribution in [3.63, 3.8) is 0 Å². The zero-order chi connectivity index (χ0) is 13.1. The van der Waals surface area contributed by atoms with Crippen LogP contribution in [-0.2, 0) is 9.59 Å². The van der Waals surface area contributed by atoms with Crippen LogP contribution in [0.5, 0.6) is 0 Å². The summed E-state index contributed by atoms with van der Waals surface area (Å²) in [4.78, 5) is 35.0.